The van der Waals surface area contributed by atoms with E-state index in [-0.39, 0.29) is 5.97 Å². The molecule has 1 rings (SSSR count). The molecule has 0 radical (unpaired) electrons. The van der Waals surface area contributed by atoms with E-state index in [9.17, 15) is 4.79 Å². The molecule has 0 saturated heterocycles. The van der Waals surface area contributed by atoms with Crippen LogP contribution in [0, 0.1) is 25.7 Å². The van der Waals surface area contributed by atoms with Gasteiger partial charge in [0.2, 0.25) is 0 Å². The highest BCUT2D eigenvalue weighted by Gasteiger charge is 2.16. The van der Waals surface area contributed by atoms with Crippen LogP contribution in [0.4, 0.5) is 0 Å². The first-order valence-electron chi connectivity index (χ1n) is 5.61. The van der Waals surface area contributed by atoms with Gasteiger partial charge in [0, 0.05) is 11.3 Å². The largest absolute Gasteiger partial charge is 0.461 e. The SMILES string of the molecule is CCOC(=O)c1[nH]c(C)c(C#CCNC)c1C. The van der Waals surface area contributed by atoms with Crippen molar-refractivity contribution in [3.05, 3.63) is 22.5 Å². The predicted octanol–water partition coefficient (Wildman–Crippen LogP) is 1.38. The minimum absolute atomic E-state index is 0.324. The lowest BCUT2D eigenvalue weighted by Gasteiger charge is -1.99. The topological polar surface area (TPSA) is 54.1 Å². The van der Waals surface area contributed by atoms with E-state index in [1.54, 1.807) is 6.92 Å². The van der Waals surface area contributed by atoms with E-state index < -0.39 is 0 Å². The molecular weight excluding hydrogens is 216 g/mol. The van der Waals surface area contributed by atoms with Gasteiger partial charge in [0.15, 0.2) is 0 Å². The van der Waals surface area contributed by atoms with E-state index in [4.69, 9.17) is 4.74 Å². The molecule has 4 heteroatoms. The Hall–Kier alpha value is -1.73. The van der Waals surface area contributed by atoms with E-state index in [0.29, 0.717) is 18.8 Å². The number of aryl methyl sites for hydroxylation is 1. The molecule has 0 amide bonds. The van der Waals surface area contributed by atoms with Gasteiger partial charge in [0.05, 0.1) is 13.2 Å². The molecule has 1 aromatic heterocycles. The lowest BCUT2D eigenvalue weighted by atomic mass is 10.1. The first-order valence-corrected chi connectivity index (χ1v) is 5.61. The lowest BCUT2D eigenvalue weighted by molar-refractivity contribution is 0.0519. The molecule has 2 N–H and O–H groups in total. The van der Waals surface area contributed by atoms with Crippen molar-refractivity contribution in [2.75, 3.05) is 20.2 Å². The first-order chi connectivity index (χ1) is 8.11. The Labute approximate surface area is 102 Å². The molecule has 1 heterocycles. The van der Waals surface area contributed by atoms with E-state index in [1.807, 2.05) is 20.9 Å². The lowest BCUT2D eigenvalue weighted by Crippen LogP contribution is -2.06. The maximum absolute atomic E-state index is 11.6. The molecular formula is C13H18N2O2. The van der Waals surface area contributed by atoms with Crippen LogP contribution in [-0.4, -0.2) is 31.2 Å². The number of ether oxygens (including phenoxy) is 1. The van der Waals surface area contributed by atoms with Crippen LogP contribution in [0.5, 0.6) is 0 Å². The van der Waals surface area contributed by atoms with Gasteiger partial charge in [-0.3, -0.25) is 0 Å². The van der Waals surface area contributed by atoms with Crippen molar-refractivity contribution in [2.24, 2.45) is 0 Å². The number of carbonyl (C=O) groups excluding carboxylic acids is 1. The highest BCUT2D eigenvalue weighted by molar-refractivity contribution is 5.90. The Balaban J connectivity index is 3.03. The minimum atomic E-state index is -0.324. The van der Waals surface area contributed by atoms with Crippen LogP contribution in [0.15, 0.2) is 0 Å². The van der Waals surface area contributed by atoms with Gasteiger partial charge < -0.3 is 15.0 Å². The summed E-state index contributed by atoms with van der Waals surface area (Å²) < 4.78 is 4.97. The third kappa shape index (κ3) is 3.11. The van der Waals surface area contributed by atoms with Crippen LogP contribution >= 0.6 is 0 Å². The van der Waals surface area contributed by atoms with E-state index in [0.717, 1.165) is 16.8 Å². The van der Waals surface area contributed by atoms with Crippen molar-refractivity contribution < 1.29 is 9.53 Å². The summed E-state index contributed by atoms with van der Waals surface area (Å²) in [6, 6.07) is 0. The summed E-state index contributed by atoms with van der Waals surface area (Å²) in [4.78, 5) is 14.7. The molecule has 0 fully saturated rings. The van der Waals surface area contributed by atoms with Gasteiger partial charge in [0.1, 0.15) is 5.69 Å². The van der Waals surface area contributed by atoms with Crippen LogP contribution in [0.3, 0.4) is 0 Å². The summed E-state index contributed by atoms with van der Waals surface area (Å²) in [5.41, 5.74) is 3.13. The van der Waals surface area contributed by atoms with Gasteiger partial charge in [-0.25, -0.2) is 4.79 Å². The van der Waals surface area contributed by atoms with Crippen molar-refractivity contribution in [1.29, 1.82) is 0 Å². The van der Waals surface area contributed by atoms with Gasteiger partial charge in [-0.05, 0) is 33.4 Å². The summed E-state index contributed by atoms with van der Waals surface area (Å²) in [6.45, 7) is 6.56. The van der Waals surface area contributed by atoms with Crippen LogP contribution < -0.4 is 5.32 Å². The molecule has 0 aliphatic carbocycles. The number of aromatic nitrogens is 1. The Morgan fingerprint density at radius 1 is 1.47 bits per heavy atom. The third-order valence-corrected chi connectivity index (χ3v) is 2.40. The summed E-state index contributed by atoms with van der Waals surface area (Å²) in [5, 5.41) is 2.95. The Morgan fingerprint density at radius 3 is 2.76 bits per heavy atom. The van der Waals surface area contributed by atoms with Crippen LogP contribution in [-0.2, 0) is 4.74 Å². The molecule has 0 spiro atoms. The zero-order valence-electron chi connectivity index (χ0n) is 10.7. The number of nitrogens with one attached hydrogen (secondary N) is 2. The average Bonchev–Trinajstić information content (AvgIpc) is 2.57. The second-order valence-electron chi connectivity index (χ2n) is 3.68. The van der Waals surface area contributed by atoms with Crippen LogP contribution in [0.25, 0.3) is 0 Å². The normalized spacial score (nSPS) is 9.65. The minimum Gasteiger partial charge on any atom is -0.461 e. The summed E-state index contributed by atoms with van der Waals surface area (Å²) in [6.07, 6.45) is 0. The fraction of sp³-hybridized carbons (Fsp3) is 0.462. The molecule has 92 valence electrons. The third-order valence-electron chi connectivity index (χ3n) is 2.40. The number of aromatic amines is 1. The van der Waals surface area contributed by atoms with Gasteiger partial charge in [-0.1, -0.05) is 11.8 Å². The molecule has 0 atom stereocenters. The zero-order chi connectivity index (χ0) is 12.8. The molecule has 0 aromatic carbocycles. The molecule has 0 bridgehead atoms. The maximum Gasteiger partial charge on any atom is 0.355 e. The molecule has 0 aliphatic heterocycles. The molecule has 0 aliphatic rings. The standard InChI is InChI=1S/C13H18N2O2/c1-5-17-13(16)12-9(2)11(10(3)15-12)7-6-8-14-4/h14-15H,5,8H2,1-4H3. The van der Waals surface area contributed by atoms with E-state index >= 15 is 0 Å². The number of carbonyl (C=O) groups is 1. The first kappa shape index (κ1) is 13.3. The smallest absolute Gasteiger partial charge is 0.355 e. The number of hydrogen-bond acceptors (Lipinski definition) is 3. The number of rotatable bonds is 3. The average molecular weight is 234 g/mol. The molecule has 17 heavy (non-hydrogen) atoms. The number of H-pyrrole nitrogens is 1. The molecule has 0 saturated carbocycles. The second-order valence-corrected chi connectivity index (χ2v) is 3.68. The quantitative estimate of drug-likeness (QED) is 0.613. The van der Waals surface area contributed by atoms with Gasteiger partial charge in [-0.15, -0.1) is 0 Å². The summed E-state index contributed by atoms with van der Waals surface area (Å²) >= 11 is 0. The predicted molar refractivity (Wildman–Crippen MR) is 67.0 cm³/mol. The van der Waals surface area contributed by atoms with Crippen molar-refractivity contribution in [3.63, 3.8) is 0 Å². The van der Waals surface area contributed by atoms with Gasteiger partial charge in [0.25, 0.3) is 0 Å². The van der Waals surface area contributed by atoms with E-state index in [2.05, 4.69) is 22.1 Å². The molecule has 4 nitrogen and oxygen atoms in total. The Morgan fingerprint density at radius 2 is 2.18 bits per heavy atom. The highest BCUT2D eigenvalue weighted by atomic mass is 16.5. The molecule has 1 aromatic rings. The maximum atomic E-state index is 11.6. The highest BCUT2D eigenvalue weighted by Crippen LogP contribution is 2.17. The van der Waals surface area contributed by atoms with Gasteiger partial charge in [-0.2, -0.15) is 0 Å². The van der Waals surface area contributed by atoms with Crippen LogP contribution in [0.2, 0.25) is 0 Å². The fourth-order valence-corrected chi connectivity index (χ4v) is 1.57. The van der Waals surface area contributed by atoms with Gasteiger partial charge >= 0.3 is 5.97 Å². The monoisotopic (exact) mass is 234 g/mol. The summed E-state index contributed by atoms with van der Waals surface area (Å²) in [5.74, 6) is 5.71. The number of hydrogen-bond donors (Lipinski definition) is 2. The van der Waals surface area contributed by atoms with E-state index in [1.165, 1.54) is 0 Å². The van der Waals surface area contributed by atoms with Crippen molar-refractivity contribution >= 4 is 5.97 Å². The second kappa shape index (κ2) is 6.12. The zero-order valence-corrected chi connectivity index (χ0v) is 10.7. The molecule has 0 unspecified atom stereocenters. The Bertz CT molecular complexity index is 464. The van der Waals surface area contributed by atoms with Crippen molar-refractivity contribution in [1.82, 2.24) is 10.3 Å². The Kier molecular flexibility index (Phi) is 4.80. The van der Waals surface area contributed by atoms with Crippen molar-refractivity contribution in [2.45, 2.75) is 20.8 Å². The van der Waals surface area contributed by atoms with Crippen molar-refractivity contribution in [3.8, 4) is 11.8 Å². The van der Waals surface area contributed by atoms with Crippen LogP contribution in [0.1, 0.15) is 34.2 Å². The fourth-order valence-electron chi connectivity index (χ4n) is 1.57. The summed E-state index contributed by atoms with van der Waals surface area (Å²) in [7, 11) is 1.84. The number of esters is 1.